The van der Waals surface area contributed by atoms with Crippen LogP contribution in [0.15, 0.2) is 0 Å². The fourth-order valence-corrected chi connectivity index (χ4v) is 0.731. The monoisotopic (exact) mass is 147 g/mol. The Morgan fingerprint density at radius 1 is 1.78 bits per heavy atom. The molecule has 0 saturated heterocycles. The van der Waals surface area contributed by atoms with E-state index >= 15 is 0 Å². The Bertz CT molecular complexity index is 210. The van der Waals surface area contributed by atoms with E-state index in [4.69, 9.17) is 16.7 Å². The van der Waals surface area contributed by atoms with Crippen molar-refractivity contribution in [2.24, 2.45) is 7.05 Å². The molecule has 4 nitrogen and oxygen atoms in total. The van der Waals surface area contributed by atoms with Crippen molar-refractivity contribution in [2.45, 2.75) is 6.61 Å². The lowest BCUT2D eigenvalue weighted by Gasteiger charge is -1.89. The molecule has 1 aromatic heterocycles. The van der Waals surface area contributed by atoms with Crippen LogP contribution in [0.5, 0.6) is 0 Å². The van der Waals surface area contributed by atoms with E-state index in [-0.39, 0.29) is 11.9 Å². The van der Waals surface area contributed by atoms with Crippen molar-refractivity contribution in [2.75, 3.05) is 0 Å². The minimum absolute atomic E-state index is 0.129. The third-order valence-corrected chi connectivity index (χ3v) is 1.13. The van der Waals surface area contributed by atoms with Gasteiger partial charge in [0.15, 0.2) is 5.82 Å². The maximum Gasteiger partial charge on any atom is 0.242 e. The van der Waals surface area contributed by atoms with Crippen molar-refractivity contribution in [1.29, 1.82) is 0 Å². The van der Waals surface area contributed by atoms with Crippen LogP contribution >= 0.6 is 11.6 Å². The van der Waals surface area contributed by atoms with Crippen LogP contribution in [0.3, 0.4) is 0 Å². The van der Waals surface area contributed by atoms with Crippen molar-refractivity contribution < 1.29 is 5.11 Å². The van der Waals surface area contributed by atoms with Crippen molar-refractivity contribution in [3.63, 3.8) is 0 Å². The van der Waals surface area contributed by atoms with Gasteiger partial charge in [0, 0.05) is 7.05 Å². The molecule has 0 amide bonds. The van der Waals surface area contributed by atoms with Crippen molar-refractivity contribution >= 4 is 11.6 Å². The van der Waals surface area contributed by atoms with Crippen LogP contribution in [0.2, 0.25) is 5.28 Å². The number of rotatable bonds is 1. The Balaban J connectivity index is 3.01. The van der Waals surface area contributed by atoms with Crippen molar-refractivity contribution in [1.82, 2.24) is 14.8 Å². The smallest absolute Gasteiger partial charge is 0.242 e. The standard InChI is InChI=1S/C4H6ClN3O/c1-8-3(2-9)6-4(5)7-8/h9H,2H2,1H3. The number of hydrogen-bond donors (Lipinski definition) is 1. The van der Waals surface area contributed by atoms with Gasteiger partial charge in [-0.05, 0) is 11.6 Å². The molecule has 0 aliphatic heterocycles. The predicted octanol–water partition coefficient (Wildman–Crippen LogP) is -0.0392. The van der Waals surface area contributed by atoms with Gasteiger partial charge < -0.3 is 5.11 Å². The lowest BCUT2D eigenvalue weighted by molar-refractivity contribution is 0.265. The molecule has 0 unspecified atom stereocenters. The summed E-state index contributed by atoms with van der Waals surface area (Å²) in [7, 11) is 1.67. The molecule has 1 heterocycles. The quantitative estimate of drug-likeness (QED) is 0.607. The van der Waals surface area contributed by atoms with Gasteiger partial charge in [0.05, 0.1) is 0 Å². The van der Waals surface area contributed by atoms with Crippen molar-refractivity contribution in [3.05, 3.63) is 11.1 Å². The second-order valence-corrected chi connectivity index (χ2v) is 1.92. The van der Waals surface area contributed by atoms with Crippen LogP contribution in [0.25, 0.3) is 0 Å². The number of nitrogens with zero attached hydrogens (tertiary/aromatic N) is 3. The fourth-order valence-electron chi connectivity index (χ4n) is 0.520. The second kappa shape index (κ2) is 2.33. The highest BCUT2D eigenvalue weighted by Crippen LogP contribution is 2.00. The highest BCUT2D eigenvalue weighted by Gasteiger charge is 2.00. The minimum Gasteiger partial charge on any atom is -0.388 e. The SMILES string of the molecule is Cn1nc(Cl)nc1CO. The molecule has 0 saturated carbocycles. The molecule has 0 aromatic carbocycles. The lowest BCUT2D eigenvalue weighted by atomic mass is 10.7. The Morgan fingerprint density at radius 2 is 2.44 bits per heavy atom. The fraction of sp³-hybridized carbons (Fsp3) is 0.500. The molecule has 1 N–H and O–H groups in total. The van der Waals surface area contributed by atoms with E-state index in [0.29, 0.717) is 5.82 Å². The molecule has 0 radical (unpaired) electrons. The summed E-state index contributed by atoms with van der Waals surface area (Å²) in [4.78, 5) is 3.70. The summed E-state index contributed by atoms with van der Waals surface area (Å²) in [6.07, 6.45) is 0. The minimum atomic E-state index is -0.129. The molecule has 5 heteroatoms. The van der Waals surface area contributed by atoms with Gasteiger partial charge in [-0.1, -0.05) is 0 Å². The second-order valence-electron chi connectivity index (χ2n) is 1.58. The van der Waals surface area contributed by atoms with Crippen LogP contribution in [0.1, 0.15) is 5.82 Å². The van der Waals surface area contributed by atoms with E-state index in [1.165, 1.54) is 4.68 Å². The van der Waals surface area contributed by atoms with Crippen LogP contribution < -0.4 is 0 Å². The number of aliphatic hydroxyl groups excluding tert-OH is 1. The molecular formula is C4H6ClN3O. The molecule has 1 aromatic rings. The van der Waals surface area contributed by atoms with Gasteiger partial charge in [-0.15, -0.1) is 5.10 Å². The Kier molecular flexibility index (Phi) is 1.68. The molecule has 0 spiro atoms. The van der Waals surface area contributed by atoms with Gasteiger partial charge in [0.2, 0.25) is 5.28 Å². The number of aryl methyl sites for hydroxylation is 1. The number of hydrogen-bond acceptors (Lipinski definition) is 3. The van der Waals surface area contributed by atoms with E-state index in [0.717, 1.165) is 0 Å². The maximum absolute atomic E-state index is 8.55. The van der Waals surface area contributed by atoms with Gasteiger partial charge in [-0.2, -0.15) is 4.98 Å². The number of halogens is 1. The van der Waals surface area contributed by atoms with Crippen LogP contribution in [0.4, 0.5) is 0 Å². The molecule has 0 bridgehead atoms. The van der Waals surface area contributed by atoms with Gasteiger partial charge in [0.1, 0.15) is 6.61 Å². The average Bonchev–Trinajstić information content (AvgIpc) is 2.10. The first kappa shape index (κ1) is 6.51. The maximum atomic E-state index is 8.55. The normalized spacial score (nSPS) is 10.1. The van der Waals surface area contributed by atoms with Crippen LogP contribution in [-0.2, 0) is 13.7 Å². The third-order valence-electron chi connectivity index (χ3n) is 0.969. The highest BCUT2D eigenvalue weighted by molar-refractivity contribution is 6.28. The van der Waals surface area contributed by atoms with Gasteiger partial charge in [-0.25, -0.2) is 4.68 Å². The molecule has 0 fully saturated rings. The third kappa shape index (κ3) is 1.20. The molecule has 1 rings (SSSR count). The highest BCUT2D eigenvalue weighted by atomic mass is 35.5. The Morgan fingerprint density at radius 3 is 2.67 bits per heavy atom. The molecule has 9 heavy (non-hydrogen) atoms. The summed E-state index contributed by atoms with van der Waals surface area (Å²) >= 11 is 5.39. The van der Waals surface area contributed by atoms with E-state index in [2.05, 4.69) is 10.1 Å². The van der Waals surface area contributed by atoms with Gasteiger partial charge in [0.25, 0.3) is 0 Å². The average molecular weight is 148 g/mol. The largest absolute Gasteiger partial charge is 0.388 e. The van der Waals surface area contributed by atoms with E-state index in [1.807, 2.05) is 0 Å². The molecular weight excluding hydrogens is 142 g/mol. The predicted molar refractivity (Wildman–Crippen MR) is 31.9 cm³/mol. The first-order chi connectivity index (χ1) is 4.24. The summed E-state index contributed by atoms with van der Waals surface area (Å²) in [6.45, 7) is -0.129. The molecule has 50 valence electrons. The zero-order chi connectivity index (χ0) is 6.85. The summed E-state index contributed by atoms with van der Waals surface area (Å²) in [6, 6.07) is 0. The first-order valence-corrected chi connectivity index (χ1v) is 2.78. The van der Waals surface area contributed by atoms with Gasteiger partial charge in [-0.3, -0.25) is 0 Å². The van der Waals surface area contributed by atoms with Crippen molar-refractivity contribution in [3.8, 4) is 0 Å². The van der Waals surface area contributed by atoms with E-state index < -0.39 is 0 Å². The zero-order valence-electron chi connectivity index (χ0n) is 4.87. The molecule has 0 aliphatic carbocycles. The van der Waals surface area contributed by atoms with E-state index in [9.17, 15) is 0 Å². The number of aromatic nitrogens is 3. The number of aliphatic hydroxyl groups is 1. The summed E-state index contributed by atoms with van der Waals surface area (Å²) in [5, 5.41) is 12.4. The molecule has 0 atom stereocenters. The van der Waals surface area contributed by atoms with Crippen LogP contribution in [-0.4, -0.2) is 19.9 Å². The van der Waals surface area contributed by atoms with Crippen LogP contribution in [0, 0.1) is 0 Å². The molecule has 0 aliphatic rings. The Labute approximate surface area is 57.1 Å². The van der Waals surface area contributed by atoms with Gasteiger partial charge >= 0.3 is 0 Å². The Hall–Kier alpha value is -0.610. The summed E-state index contributed by atoms with van der Waals surface area (Å²) in [5.74, 6) is 0.472. The summed E-state index contributed by atoms with van der Waals surface area (Å²) in [5.41, 5.74) is 0. The summed E-state index contributed by atoms with van der Waals surface area (Å²) < 4.78 is 1.43. The zero-order valence-corrected chi connectivity index (χ0v) is 5.63. The topological polar surface area (TPSA) is 50.9 Å². The first-order valence-electron chi connectivity index (χ1n) is 2.40. The van der Waals surface area contributed by atoms with E-state index in [1.54, 1.807) is 7.05 Å². The lowest BCUT2D eigenvalue weighted by Crippen LogP contribution is -1.97.